The molecule has 0 spiro atoms. The zero-order valence-electron chi connectivity index (χ0n) is 6.80. The first-order chi connectivity index (χ1) is 5.41. The maximum Gasteiger partial charge on any atom is 0.155 e. The van der Waals surface area contributed by atoms with Crippen LogP contribution in [0.4, 0.5) is 0 Å². The highest BCUT2D eigenvalue weighted by Crippen LogP contribution is 2.13. The van der Waals surface area contributed by atoms with Crippen LogP contribution in [0.25, 0.3) is 0 Å². The van der Waals surface area contributed by atoms with Crippen LogP contribution < -0.4 is 0 Å². The van der Waals surface area contributed by atoms with Gasteiger partial charge in [-0.15, -0.1) is 0 Å². The molecule has 0 aromatic heterocycles. The van der Waals surface area contributed by atoms with Gasteiger partial charge in [-0.3, -0.25) is 0 Å². The molecule has 3 nitrogen and oxygen atoms in total. The van der Waals surface area contributed by atoms with E-state index < -0.39 is 0 Å². The Hall–Kier alpha value is -0.160. The van der Waals surface area contributed by atoms with Gasteiger partial charge in [0.15, 0.2) is 9.03 Å². The quantitative estimate of drug-likeness (QED) is 0.440. The van der Waals surface area contributed by atoms with Crippen molar-refractivity contribution in [2.75, 3.05) is 13.2 Å². The third-order valence-corrected chi connectivity index (χ3v) is 1.68. The highest BCUT2D eigenvalue weighted by molar-refractivity contribution is 7.26. The molecule has 0 aliphatic carbocycles. The smallest absolute Gasteiger partial charge is 0.155 e. The normalized spacial score (nSPS) is 10.5. The van der Waals surface area contributed by atoms with Crippen LogP contribution in [0, 0.1) is 11.3 Å². The van der Waals surface area contributed by atoms with E-state index in [2.05, 4.69) is 6.92 Å². The van der Waals surface area contributed by atoms with Gasteiger partial charge in [0.05, 0.1) is 25.7 Å². The molecule has 1 unspecified atom stereocenters. The Kier molecular flexibility index (Phi) is 9.70. The zero-order chi connectivity index (χ0) is 8.36. The average molecular weight is 175 g/mol. The van der Waals surface area contributed by atoms with E-state index in [4.69, 9.17) is 14.3 Å². The summed E-state index contributed by atoms with van der Waals surface area (Å²) in [4.78, 5) is 0. The summed E-state index contributed by atoms with van der Waals surface area (Å²) in [6.07, 6.45) is 2.67. The fourth-order valence-electron chi connectivity index (χ4n) is 0.438. The minimum Gasteiger partial charge on any atom is -0.336 e. The zero-order valence-corrected chi connectivity index (χ0v) is 7.80. The van der Waals surface area contributed by atoms with Crippen LogP contribution in [0.3, 0.4) is 0 Å². The molecule has 4 heteroatoms. The first-order valence-corrected chi connectivity index (χ1v) is 4.59. The van der Waals surface area contributed by atoms with E-state index in [1.807, 2.05) is 6.07 Å². The molecule has 11 heavy (non-hydrogen) atoms. The van der Waals surface area contributed by atoms with Crippen LogP contribution in [-0.4, -0.2) is 13.2 Å². The van der Waals surface area contributed by atoms with Crippen molar-refractivity contribution >= 4 is 9.03 Å². The van der Waals surface area contributed by atoms with Crippen LogP contribution in [0.2, 0.25) is 0 Å². The van der Waals surface area contributed by atoms with Gasteiger partial charge < -0.3 is 9.05 Å². The van der Waals surface area contributed by atoms with Crippen molar-refractivity contribution < 1.29 is 9.05 Å². The highest BCUT2D eigenvalue weighted by atomic mass is 31.1. The van der Waals surface area contributed by atoms with Crippen molar-refractivity contribution in [3.63, 3.8) is 0 Å². The largest absolute Gasteiger partial charge is 0.336 e. The standard InChI is InChI=1S/C7H14NO2P/c1-2-3-6-9-11-10-7-4-5-8/h11H,2-4,6-7H2,1H3. The lowest BCUT2D eigenvalue weighted by molar-refractivity contribution is 0.267. The van der Waals surface area contributed by atoms with E-state index >= 15 is 0 Å². The van der Waals surface area contributed by atoms with Crippen LogP contribution in [0.5, 0.6) is 0 Å². The van der Waals surface area contributed by atoms with Gasteiger partial charge in [-0.25, -0.2) is 0 Å². The molecule has 0 heterocycles. The van der Waals surface area contributed by atoms with Crippen LogP contribution in [-0.2, 0) is 9.05 Å². The van der Waals surface area contributed by atoms with E-state index in [1.54, 1.807) is 0 Å². The molecule has 0 N–H and O–H groups in total. The van der Waals surface area contributed by atoms with Gasteiger partial charge in [0, 0.05) is 0 Å². The summed E-state index contributed by atoms with van der Waals surface area (Å²) >= 11 is 0. The lowest BCUT2D eigenvalue weighted by Gasteiger charge is -2.01. The molecule has 0 radical (unpaired) electrons. The van der Waals surface area contributed by atoms with E-state index in [9.17, 15) is 0 Å². The second-order valence-corrected chi connectivity index (χ2v) is 2.79. The molecule has 0 aliphatic heterocycles. The Labute approximate surface area is 69.6 Å². The second-order valence-electron chi connectivity index (χ2n) is 2.04. The molecule has 0 fully saturated rings. The monoisotopic (exact) mass is 175 g/mol. The Morgan fingerprint density at radius 3 is 2.73 bits per heavy atom. The molecule has 0 rings (SSSR count). The van der Waals surface area contributed by atoms with Gasteiger partial charge >= 0.3 is 0 Å². The summed E-state index contributed by atoms with van der Waals surface area (Å²) in [5.74, 6) is 0. The molecular weight excluding hydrogens is 161 g/mol. The number of rotatable bonds is 7. The van der Waals surface area contributed by atoms with Gasteiger partial charge in [0.2, 0.25) is 0 Å². The Balaban J connectivity index is 2.75. The average Bonchev–Trinajstić information content (AvgIpc) is 2.03. The fourth-order valence-corrected chi connectivity index (χ4v) is 0.935. The minimum atomic E-state index is 0.101. The van der Waals surface area contributed by atoms with E-state index in [-0.39, 0.29) is 9.03 Å². The molecule has 1 atom stereocenters. The maximum absolute atomic E-state index is 8.14. The maximum atomic E-state index is 8.14. The summed E-state index contributed by atoms with van der Waals surface area (Å²) < 4.78 is 10.1. The predicted octanol–water partition coefficient (Wildman–Crippen LogP) is 2.24. The topological polar surface area (TPSA) is 42.2 Å². The highest BCUT2D eigenvalue weighted by Gasteiger charge is 1.87. The molecular formula is C7H14NO2P. The summed E-state index contributed by atoms with van der Waals surface area (Å²) in [6, 6.07) is 1.99. The number of nitrogens with zero attached hydrogens (tertiary/aromatic N) is 1. The summed E-state index contributed by atoms with van der Waals surface area (Å²) in [6.45, 7) is 3.37. The number of hydrogen-bond acceptors (Lipinski definition) is 3. The second kappa shape index (κ2) is 9.84. The van der Waals surface area contributed by atoms with Crippen LogP contribution in [0.1, 0.15) is 26.2 Å². The van der Waals surface area contributed by atoms with Crippen molar-refractivity contribution in [2.24, 2.45) is 0 Å². The molecule has 0 aromatic rings. The predicted molar refractivity (Wildman–Crippen MR) is 45.4 cm³/mol. The van der Waals surface area contributed by atoms with E-state index in [1.165, 1.54) is 0 Å². The Morgan fingerprint density at radius 1 is 1.36 bits per heavy atom. The van der Waals surface area contributed by atoms with Crippen molar-refractivity contribution in [2.45, 2.75) is 26.2 Å². The molecule has 0 amide bonds. The fraction of sp³-hybridized carbons (Fsp3) is 0.857. The first-order valence-electron chi connectivity index (χ1n) is 3.77. The summed E-state index contributed by atoms with van der Waals surface area (Å²) in [5.41, 5.74) is 0. The van der Waals surface area contributed by atoms with Gasteiger partial charge in [0.1, 0.15) is 0 Å². The third-order valence-electron chi connectivity index (χ3n) is 1.03. The number of hydrogen-bond donors (Lipinski definition) is 0. The van der Waals surface area contributed by atoms with Gasteiger partial charge in [-0.1, -0.05) is 13.3 Å². The molecule has 0 saturated carbocycles. The van der Waals surface area contributed by atoms with Crippen molar-refractivity contribution in [1.82, 2.24) is 0 Å². The van der Waals surface area contributed by atoms with Gasteiger partial charge in [0.25, 0.3) is 0 Å². The van der Waals surface area contributed by atoms with E-state index in [0.29, 0.717) is 13.0 Å². The van der Waals surface area contributed by atoms with Crippen molar-refractivity contribution in [1.29, 1.82) is 5.26 Å². The third kappa shape index (κ3) is 9.84. The minimum absolute atomic E-state index is 0.101. The number of nitriles is 1. The van der Waals surface area contributed by atoms with Gasteiger partial charge in [-0.05, 0) is 6.42 Å². The molecule has 0 aromatic carbocycles. The molecule has 0 saturated heterocycles. The van der Waals surface area contributed by atoms with Crippen LogP contribution >= 0.6 is 9.03 Å². The number of unbranched alkanes of at least 4 members (excludes halogenated alkanes) is 1. The summed E-state index contributed by atoms with van der Waals surface area (Å²) in [7, 11) is 0.101. The lowest BCUT2D eigenvalue weighted by Crippen LogP contribution is -1.87. The first kappa shape index (κ1) is 10.8. The Morgan fingerprint density at radius 2 is 2.09 bits per heavy atom. The summed E-state index contributed by atoms with van der Waals surface area (Å²) in [5, 5.41) is 8.14. The molecule has 64 valence electrons. The van der Waals surface area contributed by atoms with E-state index in [0.717, 1.165) is 19.4 Å². The molecule has 0 aliphatic rings. The van der Waals surface area contributed by atoms with Crippen molar-refractivity contribution in [3.8, 4) is 6.07 Å². The van der Waals surface area contributed by atoms with Gasteiger partial charge in [-0.2, -0.15) is 5.26 Å². The SMILES string of the molecule is CCCCOPOCCC#N. The Bertz CT molecular complexity index is 113. The molecule has 0 bridgehead atoms. The lowest BCUT2D eigenvalue weighted by atomic mass is 10.4. The van der Waals surface area contributed by atoms with Crippen molar-refractivity contribution in [3.05, 3.63) is 0 Å². The van der Waals surface area contributed by atoms with Crippen LogP contribution in [0.15, 0.2) is 0 Å².